The molecule has 0 unspecified atom stereocenters. The van der Waals surface area contributed by atoms with Crippen molar-refractivity contribution in [3.05, 3.63) is 0 Å². The molecule has 6 nitrogen and oxygen atoms in total. The zero-order valence-corrected chi connectivity index (χ0v) is 13.8. The molecule has 0 radical (unpaired) electrons. The van der Waals surface area contributed by atoms with Gasteiger partial charge in [-0.05, 0) is 39.7 Å². The van der Waals surface area contributed by atoms with Crippen molar-refractivity contribution in [3.8, 4) is 0 Å². The maximum absolute atomic E-state index is 9.55. The second-order valence-corrected chi connectivity index (χ2v) is 5.71. The van der Waals surface area contributed by atoms with Gasteiger partial charge in [-0.2, -0.15) is 0 Å². The molecule has 124 valence electrons. The summed E-state index contributed by atoms with van der Waals surface area (Å²) in [6, 6.07) is 0.428. The third-order valence-corrected chi connectivity index (χ3v) is 3.81. The van der Waals surface area contributed by atoms with Gasteiger partial charge >= 0.3 is 0 Å². The Morgan fingerprint density at radius 1 is 1.29 bits per heavy atom. The lowest BCUT2D eigenvalue weighted by Gasteiger charge is -2.27. The van der Waals surface area contributed by atoms with Crippen LogP contribution in [-0.4, -0.2) is 75.1 Å². The van der Waals surface area contributed by atoms with Gasteiger partial charge in [-0.25, -0.2) is 0 Å². The molecule has 1 fully saturated rings. The number of aliphatic imine (C=N–C) groups is 1. The Balaban J connectivity index is 2.32. The summed E-state index contributed by atoms with van der Waals surface area (Å²) in [5.41, 5.74) is 0. The Labute approximate surface area is 129 Å². The lowest BCUT2D eigenvalue weighted by atomic mass is 9.93. The predicted octanol–water partition coefficient (Wildman–Crippen LogP) is 0.423. The van der Waals surface area contributed by atoms with E-state index in [1.807, 2.05) is 0 Å². The van der Waals surface area contributed by atoms with E-state index in [2.05, 4.69) is 34.5 Å². The topological polar surface area (TPSA) is 69.1 Å². The molecule has 21 heavy (non-hydrogen) atoms. The van der Waals surface area contributed by atoms with Gasteiger partial charge in [0.15, 0.2) is 5.96 Å². The lowest BCUT2D eigenvalue weighted by Crippen LogP contribution is -2.45. The minimum absolute atomic E-state index is 0.114. The highest BCUT2D eigenvalue weighted by atomic mass is 16.5. The standard InChI is InChI=1S/C15H32N4O2/c1-4-16-15(17-9-10-19(2)11-12-21-3)18-13-5-7-14(20)8-6-13/h13-14,20H,4-12H2,1-3H3,(H2,16,17,18). The second kappa shape index (κ2) is 10.8. The molecule has 0 atom stereocenters. The third kappa shape index (κ3) is 8.24. The highest BCUT2D eigenvalue weighted by molar-refractivity contribution is 5.80. The zero-order chi connectivity index (χ0) is 15.5. The van der Waals surface area contributed by atoms with Crippen molar-refractivity contribution in [3.63, 3.8) is 0 Å². The molecule has 6 heteroatoms. The number of aliphatic hydroxyl groups is 1. The molecule has 1 aliphatic rings. The number of ether oxygens (including phenoxy) is 1. The fourth-order valence-corrected chi connectivity index (χ4v) is 2.42. The molecule has 0 aromatic heterocycles. The number of methoxy groups -OCH3 is 1. The van der Waals surface area contributed by atoms with E-state index < -0.39 is 0 Å². The smallest absolute Gasteiger partial charge is 0.191 e. The summed E-state index contributed by atoms with van der Waals surface area (Å²) in [7, 11) is 3.80. The van der Waals surface area contributed by atoms with Gasteiger partial charge in [0, 0.05) is 32.8 Å². The van der Waals surface area contributed by atoms with Crippen LogP contribution < -0.4 is 10.6 Å². The van der Waals surface area contributed by atoms with Crippen molar-refractivity contribution >= 4 is 5.96 Å². The summed E-state index contributed by atoms with van der Waals surface area (Å²) in [4.78, 5) is 6.84. The molecular weight excluding hydrogens is 268 g/mol. The van der Waals surface area contributed by atoms with Gasteiger partial charge in [0.2, 0.25) is 0 Å². The number of rotatable bonds is 8. The summed E-state index contributed by atoms with van der Waals surface area (Å²) in [5, 5.41) is 16.3. The first-order valence-corrected chi connectivity index (χ1v) is 8.06. The van der Waals surface area contributed by atoms with Crippen molar-refractivity contribution < 1.29 is 9.84 Å². The van der Waals surface area contributed by atoms with Crippen LogP contribution in [-0.2, 0) is 4.74 Å². The van der Waals surface area contributed by atoms with Crippen LogP contribution in [0.15, 0.2) is 4.99 Å². The molecule has 1 aliphatic carbocycles. The van der Waals surface area contributed by atoms with E-state index in [1.54, 1.807) is 7.11 Å². The van der Waals surface area contributed by atoms with Crippen molar-refractivity contribution in [1.82, 2.24) is 15.5 Å². The average molecular weight is 300 g/mol. The van der Waals surface area contributed by atoms with Crippen LogP contribution in [0, 0.1) is 0 Å². The van der Waals surface area contributed by atoms with E-state index in [1.165, 1.54) is 0 Å². The highest BCUT2D eigenvalue weighted by Gasteiger charge is 2.19. The van der Waals surface area contributed by atoms with Crippen molar-refractivity contribution in [2.24, 2.45) is 4.99 Å². The van der Waals surface area contributed by atoms with Crippen molar-refractivity contribution in [2.45, 2.75) is 44.8 Å². The van der Waals surface area contributed by atoms with E-state index in [0.717, 1.165) is 64.4 Å². The molecule has 0 aromatic carbocycles. The van der Waals surface area contributed by atoms with Crippen LogP contribution in [0.1, 0.15) is 32.6 Å². The number of hydrogen-bond donors (Lipinski definition) is 3. The van der Waals surface area contributed by atoms with Gasteiger partial charge in [-0.3, -0.25) is 4.99 Å². The third-order valence-electron chi connectivity index (χ3n) is 3.81. The summed E-state index contributed by atoms with van der Waals surface area (Å²) >= 11 is 0. The van der Waals surface area contributed by atoms with Crippen LogP contribution in [0.2, 0.25) is 0 Å². The predicted molar refractivity (Wildman–Crippen MR) is 86.8 cm³/mol. The van der Waals surface area contributed by atoms with Crippen LogP contribution in [0.25, 0.3) is 0 Å². The van der Waals surface area contributed by atoms with E-state index in [4.69, 9.17) is 4.74 Å². The minimum atomic E-state index is -0.114. The molecule has 3 N–H and O–H groups in total. The van der Waals surface area contributed by atoms with Crippen LogP contribution in [0.3, 0.4) is 0 Å². The Kier molecular flexibility index (Phi) is 9.37. The fraction of sp³-hybridized carbons (Fsp3) is 0.933. The summed E-state index contributed by atoms with van der Waals surface area (Å²) in [6.07, 6.45) is 3.68. The Bertz CT molecular complexity index is 291. The van der Waals surface area contributed by atoms with Crippen molar-refractivity contribution in [2.75, 3.05) is 46.9 Å². The average Bonchev–Trinajstić information content (AvgIpc) is 2.47. The van der Waals surface area contributed by atoms with Gasteiger partial charge < -0.3 is 25.4 Å². The first-order valence-electron chi connectivity index (χ1n) is 8.06. The number of aliphatic hydroxyl groups excluding tert-OH is 1. The van der Waals surface area contributed by atoms with Gasteiger partial charge in [0.1, 0.15) is 0 Å². The maximum Gasteiger partial charge on any atom is 0.191 e. The highest BCUT2D eigenvalue weighted by Crippen LogP contribution is 2.18. The lowest BCUT2D eigenvalue weighted by molar-refractivity contribution is 0.120. The second-order valence-electron chi connectivity index (χ2n) is 5.71. The van der Waals surface area contributed by atoms with E-state index in [0.29, 0.717) is 6.04 Å². The molecule has 0 aromatic rings. The van der Waals surface area contributed by atoms with E-state index in [-0.39, 0.29) is 6.10 Å². The zero-order valence-electron chi connectivity index (χ0n) is 13.8. The molecule has 0 heterocycles. The molecule has 0 aliphatic heterocycles. The molecule has 1 rings (SSSR count). The summed E-state index contributed by atoms with van der Waals surface area (Å²) < 4.78 is 5.07. The number of likely N-dealkylation sites (N-methyl/N-ethyl adjacent to an activating group) is 1. The van der Waals surface area contributed by atoms with Crippen molar-refractivity contribution in [1.29, 1.82) is 0 Å². The quantitative estimate of drug-likeness (QED) is 0.448. The molecule has 0 spiro atoms. The summed E-state index contributed by atoms with van der Waals surface area (Å²) in [5.74, 6) is 0.888. The first kappa shape index (κ1) is 18.2. The largest absolute Gasteiger partial charge is 0.393 e. The molecule has 0 bridgehead atoms. The fourth-order valence-electron chi connectivity index (χ4n) is 2.42. The SMILES string of the molecule is CCNC(=NCCN(C)CCOC)NC1CCC(O)CC1. The Morgan fingerprint density at radius 3 is 2.62 bits per heavy atom. The Morgan fingerprint density at radius 2 is 2.00 bits per heavy atom. The van der Waals surface area contributed by atoms with Gasteiger partial charge in [0.25, 0.3) is 0 Å². The van der Waals surface area contributed by atoms with Gasteiger partial charge in [-0.1, -0.05) is 0 Å². The number of guanidine groups is 1. The van der Waals surface area contributed by atoms with E-state index >= 15 is 0 Å². The van der Waals surface area contributed by atoms with Gasteiger partial charge in [-0.15, -0.1) is 0 Å². The van der Waals surface area contributed by atoms with Crippen LogP contribution in [0.4, 0.5) is 0 Å². The van der Waals surface area contributed by atoms with E-state index in [9.17, 15) is 5.11 Å². The van der Waals surface area contributed by atoms with Crippen LogP contribution in [0.5, 0.6) is 0 Å². The molecule has 1 saturated carbocycles. The Hall–Kier alpha value is -0.850. The molecular formula is C15H32N4O2. The van der Waals surface area contributed by atoms with Crippen LogP contribution >= 0.6 is 0 Å². The minimum Gasteiger partial charge on any atom is -0.393 e. The number of hydrogen-bond acceptors (Lipinski definition) is 4. The normalized spacial score (nSPS) is 23.4. The maximum atomic E-state index is 9.55. The van der Waals surface area contributed by atoms with Gasteiger partial charge in [0.05, 0.1) is 19.3 Å². The first-order chi connectivity index (χ1) is 10.2. The molecule has 0 amide bonds. The monoisotopic (exact) mass is 300 g/mol. The summed E-state index contributed by atoms with van der Waals surface area (Å²) in [6.45, 7) is 6.31. The number of nitrogens with one attached hydrogen (secondary N) is 2. The molecule has 0 saturated heterocycles. The number of nitrogens with zero attached hydrogens (tertiary/aromatic N) is 2.